The Bertz CT molecular complexity index is 434. The Morgan fingerprint density at radius 2 is 1.29 bits per heavy atom. The van der Waals surface area contributed by atoms with Gasteiger partial charge in [0.25, 0.3) is 0 Å². The number of aromatic nitrogens is 3. The van der Waals surface area contributed by atoms with Gasteiger partial charge >= 0.3 is 0 Å². The zero-order chi connectivity index (χ0) is 15.6. The fourth-order valence-corrected chi connectivity index (χ4v) is 2.82. The first-order valence-electron chi connectivity index (χ1n) is 8.39. The molecule has 1 aromatic rings. The molecular weight excluding hydrogens is 260 g/mol. The molecule has 1 aliphatic rings. The van der Waals surface area contributed by atoms with Crippen LogP contribution in [0.5, 0.6) is 0 Å². The van der Waals surface area contributed by atoms with Gasteiger partial charge in [-0.05, 0) is 24.7 Å². The molecule has 2 rings (SSSR count). The molecule has 21 heavy (non-hydrogen) atoms. The van der Waals surface area contributed by atoms with E-state index in [4.69, 9.17) is 9.97 Å². The zero-order valence-electron chi connectivity index (χ0n) is 14.4. The van der Waals surface area contributed by atoms with Gasteiger partial charge in [-0.1, -0.05) is 41.5 Å². The smallest absolute Gasteiger partial charge is 0.228 e. The maximum absolute atomic E-state index is 4.71. The van der Waals surface area contributed by atoms with Crippen molar-refractivity contribution in [2.75, 3.05) is 18.0 Å². The molecule has 0 bridgehead atoms. The predicted octanol–water partition coefficient (Wildman–Crippen LogP) is 3.99. The lowest BCUT2D eigenvalue weighted by Gasteiger charge is -2.34. The standard InChI is InChI=1S/C17H30N4/c1-11(2)14-7-9-21(10-8-14)17-19-15(12(3)4)18-16(20-17)13(5)6/h11-14H,7-10H2,1-6H3. The largest absolute Gasteiger partial charge is 0.341 e. The van der Waals surface area contributed by atoms with Crippen molar-refractivity contribution < 1.29 is 0 Å². The number of hydrogen-bond acceptors (Lipinski definition) is 4. The molecule has 0 N–H and O–H groups in total. The van der Waals surface area contributed by atoms with Crippen molar-refractivity contribution in [2.45, 2.75) is 66.2 Å². The van der Waals surface area contributed by atoms with Gasteiger partial charge < -0.3 is 4.90 Å². The Labute approximate surface area is 129 Å². The number of nitrogens with zero attached hydrogens (tertiary/aromatic N) is 4. The lowest BCUT2D eigenvalue weighted by Crippen LogP contribution is -2.36. The Kier molecular flexibility index (Phi) is 5.17. The summed E-state index contributed by atoms with van der Waals surface area (Å²) < 4.78 is 0. The SMILES string of the molecule is CC(C)c1nc(C(C)C)nc(N2CCC(C(C)C)CC2)n1. The molecule has 1 aromatic heterocycles. The Morgan fingerprint density at radius 1 is 0.810 bits per heavy atom. The van der Waals surface area contributed by atoms with E-state index in [1.165, 1.54) is 12.8 Å². The lowest BCUT2D eigenvalue weighted by atomic mass is 9.87. The molecule has 1 saturated heterocycles. The fourth-order valence-electron chi connectivity index (χ4n) is 2.82. The Morgan fingerprint density at radius 3 is 1.67 bits per heavy atom. The van der Waals surface area contributed by atoms with Gasteiger partial charge in [0, 0.05) is 24.9 Å². The van der Waals surface area contributed by atoms with Crippen molar-refractivity contribution >= 4 is 5.95 Å². The average molecular weight is 290 g/mol. The van der Waals surface area contributed by atoms with E-state index in [-0.39, 0.29) is 0 Å². The normalized spacial score (nSPS) is 17.3. The van der Waals surface area contributed by atoms with Crippen LogP contribution in [0.4, 0.5) is 5.95 Å². The molecule has 4 heteroatoms. The summed E-state index contributed by atoms with van der Waals surface area (Å²) in [6.45, 7) is 15.4. The number of anilines is 1. The number of hydrogen-bond donors (Lipinski definition) is 0. The second-order valence-electron chi connectivity index (χ2n) is 7.23. The van der Waals surface area contributed by atoms with Crippen LogP contribution in [-0.4, -0.2) is 28.0 Å². The molecule has 1 aliphatic heterocycles. The Balaban J connectivity index is 2.19. The maximum Gasteiger partial charge on any atom is 0.228 e. The molecule has 0 radical (unpaired) electrons. The topological polar surface area (TPSA) is 41.9 Å². The predicted molar refractivity (Wildman–Crippen MR) is 87.8 cm³/mol. The van der Waals surface area contributed by atoms with Crippen LogP contribution < -0.4 is 4.90 Å². The van der Waals surface area contributed by atoms with Crippen molar-refractivity contribution in [1.82, 2.24) is 15.0 Å². The summed E-state index contributed by atoms with van der Waals surface area (Å²) in [6, 6.07) is 0. The van der Waals surface area contributed by atoms with Gasteiger partial charge in [0.2, 0.25) is 5.95 Å². The first kappa shape index (κ1) is 16.2. The highest BCUT2D eigenvalue weighted by atomic mass is 15.3. The van der Waals surface area contributed by atoms with Crippen molar-refractivity contribution in [3.8, 4) is 0 Å². The van der Waals surface area contributed by atoms with Gasteiger partial charge in [-0.25, -0.2) is 4.98 Å². The summed E-state index contributed by atoms with van der Waals surface area (Å²) in [7, 11) is 0. The quantitative estimate of drug-likeness (QED) is 0.841. The van der Waals surface area contributed by atoms with Crippen LogP contribution in [0.2, 0.25) is 0 Å². The molecule has 0 aromatic carbocycles. The Hall–Kier alpha value is -1.19. The third-order valence-electron chi connectivity index (χ3n) is 4.46. The fraction of sp³-hybridized carbons (Fsp3) is 0.824. The second-order valence-corrected chi connectivity index (χ2v) is 7.23. The summed E-state index contributed by atoms with van der Waals surface area (Å²) in [5, 5.41) is 0. The van der Waals surface area contributed by atoms with Gasteiger partial charge in [0.05, 0.1) is 0 Å². The molecule has 4 nitrogen and oxygen atoms in total. The molecule has 0 aliphatic carbocycles. The lowest BCUT2D eigenvalue weighted by molar-refractivity contribution is 0.309. The molecule has 1 fully saturated rings. The maximum atomic E-state index is 4.71. The van der Waals surface area contributed by atoms with Crippen LogP contribution in [0.15, 0.2) is 0 Å². The molecular formula is C17H30N4. The van der Waals surface area contributed by atoms with Crippen molar-refractivity contribution in [3.63, 3.8) is 0 Å². The minimum Gasteiger partial charge on any atom is -0.341 e. The van der Waals surface area contributed by atoms with Gasteiger partial charge in [-0.3, -0.25) is 0 Å². The summed E-state index contributed by atoms with van der Waals surface area (Å²) in [5.74, 6) is 5.05. The van der Waals surface area contributed by atoms with Gasteiger partial charge in [0.1, 0.15) is 11.6 Å². The first-order chi connectivity index (χ1) is 9.88. The van der Waals surface area contributed by atoms with Crippen LogP contribution in [0, 0.1) is 11.8 Å². The molecule has 2 heterocycles. The molecule has 0 saturated carbocycles. The minimum atomic E-state index is 0.345. The summed E-state index contributed by atoms with van der Waals surface area (Å²) in [4.78, 5) is 16.4. The number of piperidine rings is 1. The van der Waals surface area contributed by atoms with E-state index in [2.05, 4.69) is 51.4 Å². The molecule has 118 valence electrons. The van der Waals surface area contributed by atoms with E-state index in [9.17, 15) is 0 Å². The van der Waals surface area contributed by atoms with Gasteiger partial charge in [-0.2, -0.15) is 9.97 Å². The molecule has 0 unspecified atom stereocenters. The molecule has 0 atom stereocenters. The highest BCUT2D eigenvalue weighted by Crippen LogP contribution is 2.27. The minimum absolute atomic E-state index is 0.345. The van der Waals surface area contributed by atoms with Crippen LogP contribution in [0.25, 0.3) is 0 Å². The van der Waals surface area contributed by atoms with E-state index in [1.807, 2.05) is 0 Å². The van der Waals surface area contributed by atoms with Crippen molar-refractivity contribution in [2.24, 2.45) is 11.8 Å². The van der Waals surface area contributed by atoms with Gasteiger partial charge in [0.15, 0.2) is 0 Å². The third kappa shape index (κ3) is 3.92. The van der Waals surface area contributed by atoms with E-state index >= 15 is 0 Å². The van der Waals surface area contributed by atoms with E-state index in [0.29, 0.717) is 11.8 Å². The summed E-state index contributed by atoms with van der Waals surface area (Å²) >= 11 is 0. The zero-order valence-corrected chi connectivity index (χ0v) is 14.4. The van der Waals surface area contributed by atoms with Gasteiger partial charge in [-0.15, -0.1) is 0 Å². The van der Waals surface area contributed by atoms with E-state index < -0.39 is 0 Å². The molecule has 0 amide bonds. The van der Waals surface area contributed by atoms with Crippen LogP contribution in [0.1, 0.15) is 77.9 Å². The van der Waals surface area contributed by atoms with Crippen LogP contribution in [-0.2, 0) is 0 Å². The highest BCUT2D eigenvalue weighted by Gasteiger charge is 2.24. The van der Waals surface area contributed by atoms with Crippen molar-refractivity contribution in [3.05, 3.63) is 11.6 Å². The van der Waals surface area contributed by atoms with Crippen LogP contribution in [0.3, 0.4) is 0 Å². The van der Waals surface area contributed by atoms with E-state index in [1.54, 1.807) is 0 Å². The average Bonchev–Trinajstić information content (AvgIpc) is 2.46. The number of rotatable bonds is 4. The van der Waals surface area contributed by atoms with Crippen LogP contribution >= 0.6 is 0 Å². The third-order valence-corrected chi connectivity index (χ3v) is 4.46. The van der Waals surface area contributed by atoms with Crippen molar-refractivity contribution in [1.29, 1.82) is 0 Å². The first-order valence-corrected chi connectivity index (χ1v) is 8.39. The second kappa shape index (κ2) is 6.71. The summed E-state index contributed by atoms with van der Waals surface area (Å²) in [5.41, 5.74) is 0. The monoisotopic (exact) mass is 290 g/mol. The highest BCUT2D eigenvalue weighted by molar-refractivity contribution is 5.31. The molecule has 0 spiro atoms. The van der Waals surface area contributed by atoms with E-state index in [0.717, 1.165) is 42.5 Å². The summed E-state index contributed by atoms with van der Waals surface area (Å²) in [6.07, 6.45) is 2.49.